The molecule has 0 radical (unpaired) electrons. The van der Waals surface area contributed by atoms with Crippen molar-refractivity contribution in [2.24, 2.45) is 0 Å². The largest absolute Gasteiger partial charge is 0.480 e. The van der Waals surface area contributed by atoms with E-state index in [1.165, 1.54) is 6.20 Å². The average molecular weight is 281 g/mol. The van der Waals surface area contributed by atoms with Crippen molar-refractivity contribution in [2.45, 2.75) is 59.0 Å². The highest BCUT2D eigenvalue weighted by atomic mass is 16.4. The highest BCUT2D eigenvalue weighted by Gasteiger charge is 2.25. The topological polar surface area (TPSA) is 84.2 Å². The number of carbonyl (C=O) groups excluding carboxylic acids is 1. The van der Waals surface area contributed by atoms with Crippen LogP contribution in [-0.2, 0) is 16.8 Å². The van der Waals surface area contributed by atoms with Crippen LogP contribution in [0.15, 0.2) is 6.20 Å². The third-order valence-electron chi connectivity index (χ3n) is 3.10. The monoisotopic (exact) mass is 281 g/mol. The van der Waals surface area contributed by atoms with E-state index >= 15 is 0 Å². The van der Waals surface area contributed by atoms with Crippen LogP contribution in [0.25, 0.3) is 0 Å². The molecule has 20 heavy (non-hydrogen) atoms. The van der Waals surface area contributed by atoms with Crippen molar-refractivity contribution in [1.82, 2.24) is 15.1 Å². The van der Waals surface area contributed by atoms with Crippen LogP contribution in [0, 0.1) is 0 Å². The number of hydrogen-bond donors (Lipinski definition) is 2. The zero-order chi connectivity index (χ0) is 15.5. The first-order chi connectivity index (χ1) is 9.22. The predicted octanol–water partition coefficient (Wildman–Crippen LogP) is 1.79. The lowest BCUT2D eigenvalue weighted by molar-refractivity contribution is -0.139. The molecule has 0 aliphatic rings. The van der Waals surface area contributed by atoms with Crippen molar-refractivity contribution >= 4 is 11.9 Å². The SMILES string of the molecule is CCc1c(C(=O)NC(CC)C(=O)O)cnn1C(C)(C)C. The van der Waals surface area contributed by atoms with Crippen LogP contribution in [0.2, 0.25) is 0 Å². The van der Waals surface area contributed by atoms with Crippen LogP contribution in [-0.4, -0.2) is 32.8 Å². The molecule has 112 valence electrons. The second kappa shape index (κ2) is 6.07. The summed E-state index contributed by atoms with van der Waals surface area (Å²) in [6, 6.07) is -0.870. The Morgan fingerprint density at radius 1 is 1.40 bits per heavy atom. The maximum atomic E-state index is 12.2. The molecule has 1 heterocycles. The van der Waals surface area contributed by atoms with Crippen LogP contribution in [0.3, 0.4) is 0 Å². The van der Waals surface area contributed by atoms with Gasteiger partial charge in [0.25, 0.3) is 5.91 Å². The molecule has 0 saturated carbocycles. The lowest BCUT2D eigenvalue weighted by atomic mass is 10.1. The third kappa shape index (κ3) is 3.37. The van der Waals surface area contributed by atoms with Crippen molar-refractivity contribution in [3.05, 3.63) is 17.5 Å². The van der Waals surface area contributed by atoms with Crippen LogP contribution < -0.4 is 5.32 Å². The zero-order valence-corrected chi connectivity index (χ0v) is 12.7. The van der Waals surface area contributed by atoms with Gasteiger partial charge in [0.15, 0.2) is 0 Å². The third-order valence-corrected chi connectivity index (χ3v) is 3.10. The van der Waals surface area contributed by atoms with Crippen molar-refractivity contribution in [3.63, 3.8) is 0 Å². The van der Waals surface area contributed by atoms with Gasteiger partial charge < -0.3 is 10.4 Å². The summed E-state index contributed by atoms with van der Waals surface area (Å²) in [6.45, 7) is 9.69. The highest BCUT2D eigenvalue weighted by Crippen LogP contribution is 2.19. The molecule has 6 nitrogen and oxygen atoms in total. The molecule has 0 bridgehead atoms. The molecule has 1 amide bonds. The highest BCUT2D eigenvalue weighted by molar-refractivity contribution is 5.97. The summed E-state index contributed by atoms with van der Waals surface area (Å²) in [5.74, 6) is -1.41. The number of carbonyl (C=O) groups is 2. The normalized spacial score (nSPS) is 13.1. The number of nitrogens with zero attached hydrogens (tertiary/aromatic N) is 2. The lowest BCUT2D eigenvalue weighted by Crippen LogP contribution is -2.40. The fourth-order valence-electron chi connectivity index (χ4n) is 2.06. The Balaban J connectivity index is 3.06. The first-order valence-corrected chi connectivity index (χ1v) is 6.83. The van der Waals surface area contributed by atoms with E-state index in [2.05, 4.69) is 10.4 Å². The van der Waals surface area contributed by atoms with E-state index in [1.54, 1.807) is 6.92 Å². The fourth-order valence-corrected chi connectivity index (χ4v) is 2.06. The molecule has 0 fully saturated rings. The quantitative estimate of drug-likeness (QED) is 0.861. The van der Waals surface area contributed by atoms with Gasteiger partial charge in [0, 0.05) is 0 Å². The predicted molar refractivity (Wildman–Crippen MR) is 75.8 cm³/mol. The number of carboxylic acids is 1. The minimum atomic E-state index is -1.03. The molecule has 0 aromatic carbocycles. The van der Waals surface area contributed by atoms with E-state index in [0.29, 0.717) is 18.4 Å². The minimum Gasteiger partial charge on any atom is -0.480 e. The van der Waals surface area contributed by atoms with Gasteiger partial charge in [-0.3, -0.25) is 9.48 Å². The van der Waals surface area contributed by atoms with Gasteiger partial charge in [-0.2, -0.15) is 5.10 Å². The van der Waals surface area contributed by atoms with Gasteiger partial charge in [-0.05, 0) is 33.6 Å². The number of aromatic nitrogens is 2. The fraction of sp³-hybridized carbons (Fsp3) is 0.643. The number of rotatable bonds is 5. The molecule has 0 saturated heterocycles. The van der Waals surface area contributed by atoms with E-state index in [9.17, 15) is 9.59 Å². The Hall–Kier alpha value is -1.85. The van der Waals surface area contributed by atoms with Gasteiger partial charge in [0.2, 0.25) is 0 Å². The summed E-state index contributed by atoms with van der Waals surface area (Å²) in [5, 5.41) is 15.8. The molecule has 1 atom stereocenters. The van der Waals surface area contributed by atoms with E-state index in [-0.39, 0.29) is 11.4 Å². The Kier molecular flexibility index (Phi) is 4.92. The lowest BCUT2D eigenvalue weighted by Gasteiger charge is -2.22. The van der Waals surface area contributed by atoms with Crippen molar-refractivity contribution in [1.29, 1.82) is 0 Å². The molecule has 6 heteroatoms. The summed E-state index contributed by atoms with van der Waals surface area (Å²) in [6.07, 6.45) is 2.51. The Labute approximate surface area is 119 Å². The summed E-state index contributed by atoms with van der Waals surface area (Å²) in [4.78, 5) is 23.2. The van der Waals surface area contributed by atoms with E-state index < -0.39 is 12.0 Å². The second-order valence-corrected chi connectivity index (χ2v) is 5.71. The van der Waals surface area contributed by atoms with Gasteiger partial charge in [-0.25, -0.2) is 4.79 Å². The first-order valence-electron chi connectivity index (χ1n) is 6.83. The summed E-state index contributed by atoms with van der Waals surface area (Å²) >= 11 is 0. The summed E-state index contributed by atoms with van der Waals surface area (Å²) in [7, 11) is 0. The van der Waals surface area contributed by atoms with Crippen molar-refractivity contribution in [3.8, 4) is 0 Å². The van der Waals surface area contributed by atoms with Crippen LogP contribution in [0.5, 0.6) is 0 Å². The van der Waals surface area contributed by atoms with Crippen LogP contribution in [0.1, 0.15) is 57.1 Å². The van der Waals surface area contributed by atoms with Gasteiger partial charge in [0.1, 0.15) is 6.04 Å². The first kappa shape index (κ1) is 16.2. The second-order valence-electron chi connectivity index (χ2n) is 5.71. The molecular formula is C14H23N3O3. The number of amides is 1. The average Bonchev–Trinajstić information content (AvgIpc) is 2.78. The molecule has 0 spiro atoms. The maximum Gasteiger partial charge on any atom is 0.326 e. The standard InChI is InChI=1S/C14H23N3O3/c1-6-10(13(19)20)16-12(18)9-8-15-17(11(9)7-2)14(3,4)5/h8,10H,6-7H2,1-5H3,(H,16,18)(H,19,20). The smallest absolute Gasteiger partial charge is 0.326 e. The Morgan fingerprint density at radius 3 is 2.40 bits per heavy atom. The molecule has 0 aliphatic carbocycles. The van der Waals surface area contributed by atoms with Crippen molar-refractivity contribution < 1.29 is 14.7 Å². The zero-order valence-electron chi connectivity index (χ0n) is 12.7. The Morgan fingerprint density at radius 2 is 2.00 bits per heavy atom. The number of carboxylic acid groups (broad SMARTS) is 1. The minimum absolute atomic E-state index is 0.221. The van der Waals surface area contributed by atoms with Gasteiger partial charge in [-0.1, -0.05) is 13.8 Å². The van der Waals surface area contributed by atoms with Gasteiger partial charge in [-0.15, -0.1) is 0 Å². The van der Waals surface area contributed by atoms with Gasteiger partial charge in [0.05, 0.1) is 23.0 Å². The Bertz CT molecular complexity index is 500. The van der Waals surface area contributed by atoms with Crippen LogP contribution >= 0.6 is 0 Å². The van der Waals surface area contributed by atoms with E-state index in [4.69, 9.17) is 5.11 Å². The molecule has 2 N–H and O–H groups in total. The summed E-state index contributed by atoms with van der Waals surface area (Å²) < 4.78 is 1.81. The van der Waals surface area contributed by atoms with Crippen molar-refractivity contribution in [2.75, 3.05) is 0 Å². The van der Waals surface area contributed by atoms with E-state index in [1.807, 2.05) is 32.4 Å². The van der Waals surface area contributed by atoms with E-state index in [0.717, 1.165) is 5.69 Å². The molecule has 0 aliphatic heterocycles. The molecule has 1 aromatic heterocycles. The number of hydrogen-bond acceptors (Lipinski definition) is 3. The number of nitrogens with one attached hydrogen (secondary N) is 1. The molecule has 1 rings (SSSR count). The molecule has 1 aromatic rings. The molecule has 1 unspecified atom stereocenters. The number of aliphatic carboxylic acids is 1. The van der Waals surface area contributed by atoms with Crippen LogP contribution in [0.4, 0.5) is 0 Å². The molecular weight excluding hydrogens is 258 g/mol. The van der Waals surface area contributed by atoms with Gasteiger partial charge >= 0.3 is 5.97 Å². The summed E-state index contributed by atoms with van der Waals surface area (Å²) in [5.41, 5.74) is 1.04. The maximum absolute atomic E-state index is 12.2.